The van der Waals surface area contributed by atoms with Crippen molar-refractivity contribution in [2.45, 2.75) is 9.79 Å². The first-order valence-corrected chi connectivity index (χ1v) is 16.7. The van der Waals surface area contributed by atoms with Gasteiger partial charge in [0.1, 0.15) is 26.1 Å². The van der Waals surface area contributed by atoms with Gasteiger partial charge in [-0.25, -0.2) is 25.3 Å². The predicted molar refractivity (Wildman–Crippen MR) is 152 cm³/mol. The fourth-order valence-electron chi connectivity index (χ4n) is 3.58. The first-order valence-electron chi connectivity index (χ1n) is 12.1. The summed E-state index contributed by atoms with van der Waals surface area (Å²) in [7, 11) is -16.4. The number of carboxylic acid groups (broad SMARTS) is 1. The monoisotopic (exact) mass is 892 g/mol. The molecule has 0 saturated heterocycles. The van der Waals surface area contributed by atoms with Crippen LogP contribution >= 0.6 is 11.6 Å². The number of halogens is 1. The van der Waals surface area contributed by atoms with E-state index in [1.165, 1.54) is 12.1 Å². The van der Waals surface area contributed by atoms with Crippen LogP contribution in [0.2, 0.25) is 5.28 Å². The molecule has 1 aromatic heterocycles. The maximum Gasteiger partial charge on any atom is 2.00 e. The van der Waals surface area contributed by atoms with Gasteiger partial charge in [-0.2, -0.15) is 35.4 Å². The fraction of sp³-hybridized carbons (Fsp3) is 0. The van der Waals surface area contributed by atoms with E-state index in [2.05, 4.69) is 40.7 Å². The molecule has 0 bridgehead atoms. The molecule has 1 aliphatic rings. The van der Waals surface area contributed by atoms with Crippen LogP contribution in [0.15, 0.2) is 96.3 Å². The number of nitrogen functional groups attached to an aromatic ring is 1. The number of nitrogens with two attached hydrogens (primary N) is 1. The molecule has 0 fully saturated rings. The minimum atomic E-state index is -5.67. The maximum absolute atomic E-state index is 12.6. The van der Waals surface area contributed by atoms with Crippen LogP contribution in [0.4, 0.5) is 29.0 Å². The van der Waals surface area contributed by atoms with Gasteiger partial charge in [0.05, 0.1) is 32.4 Å². The third-order valence-corrected chi connectivity index (χ3v) is 8.29. The van der Waals surface area contributed by atoms with Gasteiger partial charge < -0.3 is 39.7 Å². The predicted octanol–water partition coefficient (Wildman–Crippen LogP) is -11.6. The Morgan fingerprint density at radius 3 is 1.98 bits per heavy atom. The van der Waals surface area contributed by atoms with Crippen molar-refractivity contribution >= 4 is 76.9 Å². The number of aromatic carboxylic acids is 1. The van der Waals surface area contributed by atoms with Gasteiger partial charge in [0.15, 0.2) is 0 Å². The van der Waals surface area contributed by atoms with E-state index >= 15 is 0 Å². The number of aromatic nitrogens is 3. The molecule has 0 unspecified atom stereocenters. The van der Waals surface area contributed by atoms with Gasteiger partial charge in [-0.3, -0.25) is 0 Å². The van der Waals surface area contributed by atoms with E-state index in [1.807, 2.05) is 0 Å². The SMILES string of the molecule is Nc1nc(Cl)nc(Nc2ccc(N=N/C(N=Nc3cc(S(=O)(=O)[O-])cc(S(=O)(=O)[O-])c3[O-])=C3\C=CC=C[C-]3S(=O)(=O)[O-])c(C(=O)[O-])c2)n1.[Cu+2].[Na+].[Na+].[Na+].[Na+]. The van der Waals surface area contributed by atoms with Crippen LogP contribution < -0.4 is 139 Å². The quantitative estimate of drug-likeness (QED) is 0.0826. The summed E-state index contributed by atoms with van der Waals surface area (Å²) >= 11 is 5.72. The molecule has 1 heterocycles. The number of rotatable bonds is 10. The number of anilines is 3. The number of benzene rings is 2. The second-order valence-corrected chi connectivity index (χ2v) is 13.2. The smallest absolute Gasteiger partial charge is 0.870 e. The van der Waals surface area contributed by atoms with Crippen LogP contribution in [0, 0.1) is 5.25 Å². The van der Waals surface area contributed by atoms with E-state index in [1.54, 1.807) is 0 Å². The molecule has 1 aliphatic carbocycles. The zero-order chi connectivity index (χ0) is 35.6. The van der Waals surface area contributed by atoms with Gasteiger partial charge in [0.25, 0.3) is 0 Å². The first-order chi connectivity index (χ1) is 22.2. The summed E-state index contributed by atoms with van der Waals surface area (Å²) in [6.45, 7) is 0. The number of azo groups is 2. The number of carbonyl (C=O) groups is 1. The normalized spacial score (nSPS) is 13.5. The number of hydrogen-bond donors (Lipinski definition) is 2. The molecular weight excluding hydrogens is 881 g/mol. The Morgan fingerprint density at radius 1 is 0.849 bits per heavy atom. The van der Waals surface area contributed by atoms with Crippen LogP contribution in [0.5, 0.6) is 5.75 Å². The van der Waals surface area contributed by atoms with Crippen molar-refractivity contribution in [3.8, 4) is 5.75 Å². The average Bonchev–Trinajstić information content (AvgIpc) is 2.96. The van der Waals surface area contributed by atoms with Crippen molar-refractivity contribution in [2.75, 3.05) is 11.1 Å². The molecule has 3 N–H and O–H groups in total. The Balaban J connectivity index is 0. The molecule has 0 amide bonds. The van der Waals surface area contributed by atoms with E-state index in [0.29, 0.717) is 0 Å². The molecule has 4 rings (SSSR count). The molecular formula is C23H12ClCuN9Na4O12S3. The third kappa shape index (κ3) is 14.9. The number of nitrogens with one attached hydrogen (secondary N) is 1. The molecule has 30 heteroatoms. The van der Waals surface area contributed by atoms with Crippen molar-refractivity contribution < 1.29 is 189 Å². The summed E-state index contributed by atoms with van der Waals surface area (Å²) in [4.78, 5) is 20.0. The van der Waals surface area contributed by atoms with Crippen LogP contribution in [0.3, 0.4) is 0 Å². The molecule has 0 spiro atoms. The molecule has 0 saturated carbocycles. The zero-order valence-corrected chi connectivity index (χ0v) is 39.4. The van der Waals surface area contributed by atoms with E-state index < -0.39 is 85.4 Å². The topological polar surface area (TPSA) is 361 Å². The van der Waals surface area contributed by atoms with Crippen molar-refractivity contribution in [3.05, 3.63) is 82.1 Å². The summed E-state index contributed by atoms with van der Waals surface area (Å²) in [5.74, 6) is -4.93. The van der Waals surface area contributed by atoms with Crippen LogP contribution in [0.25, 0.3) is 0 Å². The Bertz CT molecular complexity index is 2330. The van der Waals surface area contributed by atoms with Gasteiger partial charge in [0.2, 0.25) is 17.2 Å². The van der Waals surface area contributed by atoms with Crippen LogP contribution in [-0.2, 0) is 47.4 Å². The summed E-state index contributed by atoms with van der Waals surface area (Å²) in [6, 6.07) is 3.53. The summed E-state index contributed by atoms with van der Waals surface area (Å²) < 4.78 is 105. The second kappa shape index (κ2) is 22.2. The summed E-state index contributed by atoms with van der Waals surface area (Å²) in [5, 5.41) is 40.1. The third-order valence-electron chi connectivity index (χ3n) is 5.57. The molecule has 0 atom stereocenters. The Kier molecular flexibility index (Phi) is 22.7. The summed E-state index contributed by atoms with van der Waals surface area (Å²) in [5.41, 5.74) is 2.53. The van der Waals surface area contributed by atoms with Crippen LogP contribution in [-0.4, -0.2) is 59.8 Å². The second-order valence-electron chi connectivity index (χ2n) is 8.78. The molecule has 53 heavy (non-hydrogen) atoms. The molecule has 0 aliphatic heterocycles. The van der Waals surface area contributed by atoms with Gasteiger partial charge in [-0.1, -0.05) is 11.3 Å². The zero-order valence-electron chi connectivity index (χ0n) is 27.2. The number of nitrogens with zero attached hydrogens (tertiary/aromatic N) is 7. The maximum atomic E-state index is 12.6. The van der Waals surface area contributed by atoms with Crippen molar-refractivity contribution in [3.63, 3.8) is 0 Å². The number of allylic oxidation sites excluding steroid dienone is 3. The van der Waals surface area contributed by atoms with E-state index in [-0.39, 0.29) is 170 Å². The van der Waals surface area contributed by atoms with E-state index in [4.69, 9.17) is 17.3 Å². The van der Waals surface area contributed by atoms with E-state index in [0.717, 1.165) is 30.4 Å². The minimum Gasteiger partial charge on any atom is -0.870 e. The Morgan fingerprint density at radius 2 is 1.45 bits per heavy atom. The molecule has 21 nitrogen and oxygen atoms in total. The van der Waals surface area contributed by atoms with Crippen molar-refractivity contribution in [2.24, 2.45) is 20.5 Å². The number of carbonyl (C=O) groups excluding carboxylic acids is 1. The standard InChI is InChI=1S/C23H17ClN9O12S3.Cu.4Na/c24-21-27-22(25)29-23(28-21)26-10-5-6-14(13(7-10)20(35)36)30-32-19(12-3-1-2-4-16(12)47(40,41)42)33-31-15-8-11(46(37,38)39)9-17(18(15)34)48(43,44)45;;;;;/h1-9,34H,(H,35,36)(H,37,38,39)(H,40,41,42)(H,43,44,45)(H3,25,26,27,28,29);;;;;/q-1;+2;4*+1/p-5/b19-12-,32-30?,33-31?;;;;;. The Labute approximate surface area is 404 Å². The number of hydrogen-bond acceptors (Lipinski definition) is 21. The fourth-order valence-corrected chi connectivity index (χ4v) is 5.62. The van der Waals surface area contributed by atoms with Crippen molar-refractivity contribution in [1.29, 1.82) is 0 Å². The summed E-state index contributed by atoms with van der Waals surface area (Å²) in [6.07, 6.45) is 4.08. The molecule has 3 aromatic rings. The van der Waals surface area contributed by atoms with E-state index in [9.17, 15) is 53.9 Å². The number of carboxylic acids is 1. The largest absolute Gasteiger partial charge is 2.00 e. The first kappa shape index (κ1) is 54.2. The molecule has 1 radical (unpaired) electrons. The Hall–Kier alpha value is -0.851. The van der Waals surface area contributed by atoms with Gasteiger partial charge in [-0.05, 0) is 47.2 Å². The average molecular weight is 894 g/mol. The van der Waals surface area contributed by atoms with Gasteiger partial charge >= 0.3 is 135 Å². The van der Waals surface area contributed by atoms with Crippen LogP contribution in [0.1, 0.15) is 10.4 Å². The van der Waals surface area contributed by atoms with Gasteiger partial charge in [-0.15, -0.1) is 24.3 Å². The molecule has 2 aromatic carbocycles. The molecule has 261 valence electrons. The van der Waals surface area contributed by atoms with Gasteiger partial charge in [0, 0.05) is 16.1 Å². The van der Waals surface area contributed by atoms with Crippen molar-refractivity contribution in [1.82, 2.24) is 15.0 Å². The minimum absolute atomic E-state index is 0.